The van der Waals surface area contributed by atoms with Crippen LogP contribution in [0.3, 0.4) is 0 Å². The van der Waals surface area contributed by atoms with Gasteiger partial charge in [-0.3, -0.25) is 4.79 Å². The van der Waals surface area contributed by atoms with Crippen molar-refractivity contribution < 1.29 is 23.1 Å². The quantitative estimate of drug-likeness (QED) is 0.693. The minimum absolute atomic E-state index is 0.0597. The molecule has 1 rings (SSSR count). The normalized spacial score (nSPS) is 25.4. The first-order valence-electron chi connectivity index (χ1n) is 6.13. The fraction of sp³-hybridized carbons (Fsp3) is 0.909. The number of rotatable bonds is 7. The standard InChI is InChI=1S/C11H21NO5S/c1-3-11(10(13)14)6-4-7-12(11)18(15,16)9-5-8-17-2/h3-9H2,1-2H3,(H,13,14). The van der Waals surface area contributed by atoms with Crippen molar-refractivity contribution >= 4 is 16.0 Å². The van der Waals surface area contributed by atoms with Crippen LogP contribution >= 0.6 is 0 Å². The van der Waals surface area contributed by atoms with E-state index in [0.717, 1.165) is 0 Å². The molecule has 18 heavy (non-hydrogen) atoms. The van der Waals surface area contributed by atoms with E-state index >= 15 is 0 Å². The van der Waals surface area contributed by atoms with E-state index in [1.165, 1.54) is 11.4 Å². The van der Waals surface area contributed by atoms with Gasteiger partial charge in [0.15, 0.2) is 0 Å². The van der Waals surface area contributed by atoms with Gasteiger partial charge >= 0.3 is 5.97 Å². The summed E-state index contributed by atoms with van der Waals surface area (Å²) in [6.45, 7) is 2.38. The number of hydrogen-bond donors (Lipinski definition) is 1. The lowest BCUT2D eigenvalue weighted by molar-refractivity contribution is -0.147. The summed E-state index contributed by atoms with van der Waals surface area (Å²) in [5.41, 5.74) is -1.24. The molecule has 0 aromatic carbocycles. The molecule has 0 radical (unpaired) electrons. The predicted octanol–water partition coefficient (Wildman–Crippen LogP) is 0.682. The zero-order valence-corrected chi connectivity index (χ0v) is 11.7. The highest BCUT2D eigenvalue weighted by Crippen LogP contribution is 2.35. The molecule has 1 fully saturated rings. The molecule has 0 aliphatic carbocycles. The van der Waals surface area contributed by atoms with Crippen LogP contribution in [0.2, 0.25) is 0 Å². The minimum atomic E-state index is -3.52. The Hall–Kier alpha value is -0.660. The van der Waals surface area contributed by atoms with Crippen molar-refractivity contribution in [1.29, 1.82) is 0 Å². The first-order chi connectivity index (χ1) is 8.40. The maximum Gasteiger partial charge on any atom is 0.325 e. The van der Waals surface area contributed by atoms with Crippen LogP contribution in [-0.2, 0) is 19.6 Å². The number of carbonyl (C=O) groups is 1. The Balaban J connectivity index is 2.89. The summed E-state index contributed by atoms with van der Waals surface area (Å²) in [4.78, 5) is 11.4. The molecule has 6 nitrogen and oxygen atoms in total. The molecule has 0 amide bonds. The fourth-order valence-corrected chi connectivity index (χ4v) is 4.41. The summed E-state index contributed by atoms with van der Waals surface area (Å²) in [7, 11) is -2.01. The maximum absolute atomic E-state index is 12.2. The lowest BCUT2D eigenvalue weighted by Gasteiger charge is -2.32. The van der Waals surface area contributed by atoms with Crippen LogP contribution in [-0.4, -0.2) is 55.4 Å². The number of ether oxygens (including phenoxy) is 1. The number of hydrogen-bond acceptors (Lipinski definition) is 4. The Bertz CT molecular complexity index is 394. The van der Waals surface area contributed by atoms with Crippen molar-refractivity contribution in [2.24, 2.45) is 0 Å². The van der Waals surface area contributed by atoms with E-state index in [1.807, 2.05) is 0 Å². The van der Waals surface area contributed by atoms with Gasteiger partial charge in [0.05, 0.1) is 5.75 Å². The molecule has 0 bridgehead atoms. The highest BCUT2D eigenvalue weighted by molar-refractivity contribution is 7.89. The van der Waals surface area contributed by atoms with E-state index in [-0.39, 0.29) is 5.75 Å². The van der Waals surface area contributed by atoms with Crippen LogP contribution < -0.4 is 0 Å². The highest BCUT2D eigenvalue weighted by atomic mass is 32.2. The Morgan fingerprint density at radius 3 is 2.67 bits per heavy atom. The summed E-state index contributed by atoms with van der Waals surface area (Å²) in [5.74, 6) is -1.10. The number of carboxylic acids is 1. The molecule has 1 atom stereocenters. The number of aliphatic carboxylic acids is 1. The first kappa shape index (κ1) is 15.4. The Morgan fingerprint density at radius 1 is 1.50 bits per heavy atom. The van der Waals surface area contributed by atoms with Gasteiger partial charge in [-0.2, -0.15) is 4.31 Å². The second-order valence-corrected chi connectivity index (χ2v) is 6.54. The van der Waals surface area contributed by atoms with Gasteiger partial charge in [-0.25, -0.2) is 8.42 Å². The monoisotopic (exact) mass is 279 g/mol. The molecule has 1 saturated heterocycles. The summed E-state index contributed by atoms with van der Waals surface area (Å²) in [6.07, 6.45) is 1.67. The lowest BCUT2D eigenvalue weighted by atomic mass is 9.95. The third-order valence-electron chi connectivity index (χ3n) is 3.50. The molecule has 7 heteroatoms. The van der Waals surface area contributed by atoms with Crippen molar-refractivity contribution in [1.82, 2.24) is 4.31 Å². The fourth-order valence-electron chi connectivity index (χ4n) is 2.47. The van der Waals surface area contributed by atoms with Crippen LogP contribution in [0.25, 0.3) is 0 Å². The molecule has 1 unspecified atom stereocenters. The molecule has 1 N–H and O–H groups in total. The van der Waals surface area contributed by atoms with Gasteiger partial charge in [0.25, 0.3) is 0 Å². The smallest absolute Gasteiger partial charge is 0.325 e. The third-order valence-corrected chi connectivity index (χ3v) is 5.51. The molecule has 1 heterocycles. The van der Waals surface area contributed by atoms with E-state index < -0.39 is 21.5 Å². The molecule has 0 aromatic rings. The van der Waals surface area contributed by atoms with Crippen LogP contribution in [0, 0.1) is 0 Å². The van der Waals surface area contributed by atoms with Crippen molar-refractivity contribution in [3.8, 4) is 0 Å². The molecule has 0 aromatic heterocycles. The minimum Gasteiger partial charge on any atom is -0.480 e. The van der Waals surface area contributed by atoms with Gasteiger partial charge in [0.1, 0.15) is 5.54 Å². The van der Waals surface area contributed by atoms with Gasteiger partial charge < -0.3 is 9.84 Å². The summed E-state index contributed by atoms with van der Waals surface area (Å²) < 4.78 is 30.4. The van der Waals surface area contributed by atoms with E-state index in [0.29, 0.717) is 38.8 Å². The number of methoxy groups -OCH3 is 1. The molecule has 1 aliphatic rings. The summed E-state index contributed by atoms with van der Waals surface area (Å²) in [5, 5.41) is 9.34. The second kappa shape index (κ2) is 5.99. The van der Waals surface area contributed by atoms with Crippen molar-refractivity contribution in [2.45, 2.75) is 38.1 Å². The van der Waals surface area contributed by atoms with Gasteiger partial charge in [-0.1, -0.05) is 6.92 Å². The van der Waals surface area contributed by atoms with E-state index in [2.05, 4.69) is 0 Å². The Morgan fingerprint density at radius 2 is 2.17 bits per heavy atom. The lowest BCUT2D eigenvalue weighted by Crippen LogP contribution is -2.53. The van der Waals surface area contributed by atoms with Crippen LogP contribution in [0.15, 0.2) is 0 Å². The van der Waals surface area contributed by atoms with Gasteiger partial charge in [-0.05, 0) is 25.7 Å². The van der Waals surface area contributed by atoms with Crippen LogP contribution in [0.5, 0.6) is 0 Å². The zero-order valence-electron chi connectivity index (χ0n) is 10.9. The molecule has 0 saturated carbocycles. The number of sulfonamides is 1. The molecule has 1 aliphatic heterocycles. The average Bonchev–Trinajstić information content (AvgIpc) is 2.74. The topological polar surface area (TPSA) is 83.9 Å². The average molecular weight is 279 g/mol. The van der Waals surface area contributed by atoms with Gasteiger partial charge in [-0.15, -0.1) is 0 Å². The van der Waals surface area contributed by atoms with E-state index in [4.69, 9.17) is 4.74 Å². The SMILES string of the molecule is CCC1(C(=O)O)CCCN1S(=O)(=O)CCCOC. The summed E-state index contributed by atoms with van der Waals surface area (Å²) in [6, 6.07) is 0. The Labute approximate surface area is 108 Å². The Kier molecular flexibility index (Phi) is 5.12. The molecule has 106 valence electrons. The third kappa shape index (κ3) is 2.84. The summed E-state index contributed by atoms with van der Waals surface area (Å²) >= 11 is 0. The maximum atomic E-state index is 12.2. The number of carboxylic acid groups (broad SMARTS) is 1. The molecule has 0 spiro atoms. The van der Waals surface area contributed by atoms with Gasteiger partial charge in [0, 0.05) is 20.3 Å². The van der Waals surface area contributed by atoms with Crippen molar-refractivity contribution in [2.75, 3.05) is 26.0 Å². The first-order valence-corrected chi connectivity index (χ1v) is 7.74. The number of nitrogens with zero attached hydrogens (tertiary/aromatic N) is 1. The largest absolute Gasteiger partial charge is 0.480 e. The van der Waals surface area contributed by atoms with Crippen molar-refractivity contribution in [3.63, 3.8) is 0 Å². The van der Waals surface area contributed by atoms with Crippen LogP contribution in [0.4, 0.5) is 0 Å². The van der Waals surface area contributed by atoms with Gasteiger partial charge in [0.2, 0.25) is 10.0 Å². The predicted molar refractivity (Wildman–Crippen MR) is 66.9 cm³/mol. The zero-order chi connectivity index (χ0) is 13.8. The van der Waals surface area contributed by atoms with E-state index in [9.17, 15) is 18.3 Å². The molecular formula is C11H21NO5S. The molecular weight excluding hydrogens is 258 g/mol. The second-order valence-electron chi connectivity index (χ2n) is 4.53. The van der Waals surface area contributed by atoms with E-state index in [1.54, 1.807) is 6.92 Å². The highest BCUT2D eigenvalue weighted by Gasteiger charge is 2.51. The van der Waals surface area contributed by atoms with Crippen molar-refractivity contribution in [3.05, 3.63) is 0 Å². The van der Waals surface area contributed by atoms with Crippen LogP contribution in [0.1, 0.15) is 32.6 Å².